The van der Waals surface area contributed by atoms with Crippen LogP contribution in [0, 0.1) is 18.7 Å². The van der Waals surface area contributed by atoms with Gasteiger partial charge in [0.1, 0.15) is 5.82 Å². The maximum Gasteiger partial charge on any atom is 0.246 e. The van der Waals surface area contributed by atoms with Gasteiger partial charge in [0.15, 0.2) is 0 Å². The van der Waals surface area contributed by atoms with Crippen LogP contribution in [0.2, 0.25) is 0 Å². The molecule has 1 amide bonds. The van der Waals surface area contributed by atoms with E-state index in [1.165, 1.54) is 21.3 Å². The van der Waals surface area contributed by atoms with Crippen molar-refractivity contribution in [3.63, 3.8) is 0 Å². The summed E-state index contributed by atoms with van der Waals surface area (Å²) in [5, 5.41) is 4.00. The largest absolute Gasteiger partial charge is 0.337 e. The first-order chi connectivity index (χ1) is 15.7. The number of amides is 1. The molecule has 174 valence electrons. The van der Waals surface area contributed by atoms with Gasteiger partial charge in [-0.1, -0.05) is 28.9 Å². The molecule has 8 nitrogen and oxygen atoms in total. The predicted octanol–water partition coefficient (Wildman–Crippen LogP) is 3.24. The van der Waals surface area contributed by atoms with Crippen LogP contribution in [-0.2, 0) is 21.4 Å². The molecule has 1 fully saturated rings. The molecular weight excluding hydrogens is 447 g/mol. The molecule has 2 heterocycles. The molecule has 0 aliphatic carbocycles. The molecule has 1 atom stereocenters. The lowest BCUT2D eigenvalue weighted by Crippen LogP contribution is -2.45. The van der Waals surface area contributed by atoms with E-state index in [9.17, 15) is 17.6 Å². The second-order valence-corrected chi connectivity index (χ2v) is 10.2. The molecule has 33 heavy (non-hydrogen) atoms. The zero-order valence-electron chi connectivity index (χ0n) is 18.4. The number of sulfonamides is 1. The normalized spacial score (nSPS) is 17.1. The van der Waals surface area contributed by atoms with Gasteiger partial charge >= 0.3 is 0 Å². The van der Waals surface area contributed by atoms with Gasteiger partial charge in [0.25, 0.3) is 0 Å². The SMILES string of the molecule is Cc1cccc(-c2noc(CN(C)C(=O)[C@@H]3CCCN(S(=O)(=O)c4ccc(F)cc4)C3)n2)c1. The monoisotopic (exact) mass is 472 g/mol. The molecule has 0 saturated carbocycles. The summed E-state index contributed by atoms with van der Waals surface area (Å²) in [6.45, 7) is 2.48. The first-order valence-electron chi connectivity index (χ1n) is 10.6. The van der Waals surface area contributed by atoms with Crippen molar-refractivity contribution in [2.24, 2.45) is 5.92 Å². The Hall–Kier alpha value is -3.11. The van der Waals surface area contributed by atoms with E-state index in [4.69, 9.17) is 4.52 Å². The Morgan fingerprint density at radius 3 is 2.73 bits per heavy atom. The third-order valence-corrected chi connectivity index (χ3v) is 7.56. The van der Waals surface area contributed by atoms with Gasteiger partial charge in [0, 0.05) is 25.7 Å². The molecule has 0 spiro atoms. The number of benzene rings is 2. The molecule has 1 saturated heterocycles. The molecule has 1 aliphatic heterocycles. The fourth-order valence-electron chi connectivity index (χ4n) is 3.93. The zero-order valence-corrected chi connectivity index (χ0v) is 19.3. The van der Waals surface area contributed by atoms with Crippen LogP contribution in [0.4, 0.5) is 4.39 Å². The van der Waals surface area contributed by atoms with Crippen molar-refractivity contribution in [1.82, 2.24) is 19.3 Å². The van der Waals surface area contributed by atoms with E-state index in [2.05, 4.69) is 10.1 Å². The number of hydrogen-bond donors (Lipinski definition) is 0. The highest BCUT2D eigenvalue weighted by molar-refractivity contribution is 7.89. The van der Waals surface area contributed by atoms with Gasteiger partial charge < -0.3 is 9.42 Å². The molecule has 1 aliphatic rings. The average Bonchev–Trinajstić information content (AvgIpc) is 3.27. The molecule has 3 aromatic rings. The van der Waals surface area contributed by atoms with E-state index in [0.29, 0.717) is 31.1 Å². The van der Waals surface area contributed by atoms with Crippen LogP contribution >= 0.6 is 0 Å². The van der Waals surface area contributed by atoms with Crippen molar-refractivity contribution in [2.45, 2.75) is 31.2 Å². The van der Waals surface area contributed by atoms with Gasteiger partial charge in [0.05, 0.1) is 17.4 Å². The van der Waals surface area contributed by atoms with Crippen LogP contribution in [0.3, 0.4) is 0 Å². The lowest BCUT2D eigenvalue weighted by atomic mass is 9.98. The molecule has 0 unspecified atom stereocenters. The highest BCUT2D eigenvalue weighted by Crippen LogP contribution is 2.25. The summed E-state index contributed by atoms with van der Waals surface area (Å²) in [5.41, 5.74) is 1.90. The van der Waals surface area contributed by atoms with Crippen molar-refractivity contribution in [3.8, 4) is 11.4 Å². The van der Waals surface area contributed by atoms with Crippen molar-refractivity contribution >= 4 is 15.9 Å². The van der Waals surface area contributed by atoms with Crippen LogP contribution in [0.15, 0.2) is 57.9 Å². The molecule has 10 heteroatoms. The Kier molecular flexibility index (Phi) is 6.57. The van der Waals surface area contributed by atoms with Crippen molar-refractivity contribution in [2.75, 3.05) is 20.1 Å². The minimum absolute atomic E-state index is 0.0138. The summed E-state index contributed by atoms with van der Waals surface area (Å²) >= 11 is 0. The van der Waals surface area contributed by atoms with Gasteiger partial charge in [-0.2, -0.15) is 9.29 Å². The lowest BCUT2D eigenvalue weighted by molar-refractivity contribution is -0.136. The number of aryl methyl sites for hydroxylation is 1. The molecule has 0 N–H and O–H groups in total. The summed E-state index contributed by atoms with van der Waals surface area (Å²) in [5.74, 6) is -0.436. The van der Waals surface area contributed by atoms with Crippen molar-refractivity contribution in [3.05, 3.63) is 65.8 Å². The Morgan fingerprint density at radius 2 is 2.00 bits per heavy atom. The Morgan fingerprint density at radius 1 is 1.24 bits per heavy atom. The van der Waals surface area contributed by atoms with Gasteiger partial charge in [-0.3, -0.25) is 4.79 Å². The first-order valence-corrected chi connectivity index (χ1v) is 12.1. The maximum absolute atomic E-state index is 13.2. The molecule has 1 aromatic heterocycles. The average molecular weight is 473 g/mol. The van der Waals surface area contributed by atoms with Crippen LogP contribution in [0.5, 0.6) is 0 Å². The highest BCUT2D eigenvalue weighted by atomic mass is 32.2. The van der Waals surface area contributed by atoms with Gasteiger partial charge in [-0.05, 0) is 50.1 Å². The zero-order chi connectivity index (χ0) is 23.6. The molecule has 2 aromatic carbocycles. The topological polar surface area (TPSA) is 96.6 Å². The number of halogens is 1. The fourth-order valence-corrected chi connectivity index (χ4v) is 5.45. The van der Waals surface area contributed by atoms with E-state index in [1.807, 2.05) is 31.2 Å². The summed E-state index contributed by atoms with van der Waals surface area (Å²) in [7, 11) is -2.17. The van der Waals surface area contributed by atoms with Crippen molar-refractivity contribution in [1.29, 1.82) is 0 Å². The van der Waals surface area contributed by atoms with Crippen LogP contribution < -0.4 is 0 Å². The number of nitrogens with zero attached hydrogens (tertiary/aromatic N) is 4. The van der Waals surface area contributed by atoms with Crippen LogP contribution in [0.1, 0.15) is 24.3 Å². The maximum atomic E-state index is 13.2. The number of carbonyl (C=O) groups excluding carboxylic acids is 1. The van der Waals surface area contributed by atoms with Crippen molar-refractivity contribution < 1.29 is 22.1 Å². The first kappa shape index (κ1) is 23.1. The van der Waals surface area contributed by atoms with Crippen LogP contribution in [0.25, 0.3) is 11.4 Å². The second-order valence-electron chi connectivity index (χ2n) is 8.23. The number of carbonyl (C=O) groups is 1. The minimum Gasteiger partial charge on any atom is -0.337 e. The molecular formula is C23H25FN4O4S. The summed E-state index contributed by atoms with van der Waals surface area (Å²) < 4.78 is 45.7. The third-order valence-electron chi connectivity index (χ3n) is 5.68. The fraction of sp³-hybridized carbons (Fsp3) is 0.348. The number of aromatic nitrogens is 2. The van der Waals surface area contributed by atoms with E-state index in [1.54, 1.807) is 7.05 Å². The lowest BCUT2D eigenvalue weighted by Gasteiger charge is -2.33. The summed E-state index contributed by atoms with van der Waals surface area (Å²) in [6.07, 6.45) is 1.14. The number of hydrogen-bond acceptors (Lipinski definition) is 6. The molecule has 0 radical (unpaired) electrons. The van der Waals surface area contributed by atoms with Gasteiger partial charge in [-0.15, -0.1) is 0 Å². The number of rotatable bonds is 6. The molecule has 0 bridgehead atoms. The highest BCUT2D eigenvalue weighted by Gasteiger charge is 2.34. The van der Waals surface area contributed by atoms with E-state index >= 15 is 0 Å². The predicted molar refractivity (Wildman–Crippen MR) is 119 cm³/mol. The Labute approximate surface area is 192 Å². The quantitative estimate of drug-likeness (QED) is 0.546. The summed E-state index contributed by atoms with van der Waals surface area (Å²) in [6, 6.07) is 12.4. The third kappa shape index (κ3) is 5.12. The number of piperidine rings is 1. The Bertz CT molecular complexity index is 1240. The van der Waals surface area contributed by atoms with E-state index in [-0.39, 0.29) is 23.9 Å². The smallest absolute Gasteiger partial charge is 0.246 e. The second kappa shape index (κ2) is 9.40. The Balaban J connectivity index is 1.42. The van der Waals surface area contributed by atoms with E-state index in [0.717, 1.165) is 23.3 Å². The summed E-state index contributed by atoms with van der Waals surface area (Å²) in [4.78, 5) is 18.9. The molecule has 4 rings (SSSR count). The standard InChI is InChI=1S/C23H25FN4O4S/c1-16-5-3-6-17(13-16)22-25-21(32-26-22)15-27(2)23(29)18-7-4-12-28(14-18)33(30,31)20-10-8-19(24)9-11-20/h3,5-6,8-11,13,18H,4,7,12,14-15H2,1-2H3/t18-/m1/s1. The minimum atomic E-state index is -3.81. The van der Waals surface area contributed by atoms with Gasteiger partial charge in [0.2, 0.25) is 27.6 Å². The van der Waals surface area contributed by atoms with E-state index < -0.39 is 21.8 Å². The van der Waals surface area contributed by atoms with Gasteiger partial charge in [-0.25, -0.2) is 12.8 Å². The van der Waals surface area contributed by atoms with Crippen LogP contribution in [-0.4, -0.2) is 53.8 Å².